The number of nitrogens with one attached hydrogen (secondary N) is 1. The van der Waals surface area contributed by atoms with E-state index >= 15 is 0 Å². The first kappa shape index (κ1) is 17.6. The lowest BCUT2D eigenvalue weighted by Gasteiger charge is -2.05. The van der Waals surface area contributed by atoms with Gasteiger partial charge in [0.15, 0.2) is 0 Å². The highest BCUT2D eigenvalue weighted by atomic mass is 32.1. The van der Waals surface area contributed by atoms with Crippen LogP contribution < -0.4 is 15.0 Å². The smallest absolute Gasteiger partial charge is 0.271 e. The highest BCUT2D eigenvalue weighted by molar-refractivity contribution is 7.07. The zero-order valence-corrected chi connectivity index (χ0v) is 15.1. The van der Waals surface area contributed by atoms with Crippen molar-refractivity contribution in [3.05, 3.63) is 70.3 Å². The highest BCUT2D eigenvalue weighted by Gasteiger charge is 2.12. The molecule has 0 fully saturated rings. The molecule has 6 nitrogen and oxygen atoms in total. The number of benzene rings is 2. The van der Waals surface area contributed by atoms with Gasteiger partial charge in [0.05, 0.1) is 12.8 Å². The van der Waals surface area contributed by atoms with E-state index in [4.69, 9.17) is 4.74 Å². The van der Waals surface area contributed by atoms with E-state index in [1.165, 1.54) is 22.8 Å². The Labute approximate surface area is 154 Å². The summed E-state index contributed by atoms with van der Waals surface area (Å²) in [4.78, 5) is 24.7. The highest BCUT2D eigenvalue weighted by Crippen LogP contribution is 2.19. The maximum absolute atomic E-state index is 12.2. The SMILES string of the molecule is COc1ccc(C(=O)NN=c2scc(-c3ccccc3)n2C(C)=O)cc1. The number of rotatable bonds is 4. The van der Waals surface area contributed by atoms with Gasteiger partial charge in [-0.1, -0.05) is 30.3 Å². The van der Waals surface area contributed by atoms with E-state index in [1.54, 1.807) is 31.4 Å². The summed E-state index contributed by atoms with van der Waals surface area (Å²) in [5.74, 6) is 0.124. The Morgan fingerprint density at radius 3 is 2.38 bits per heavy atom. The van der Waals surface area contributed by atoms with Crippen molar-refractivity contribution in [1.29, 1.82) is 0 Å². The van der Waals surface area contributed by atoms with Crippen LogP contribution in [0.5, 0.6) is 5.75 Å². The molecular weight excluding hydrogens is 350 g/mol. The number of nitrogens with zero attached hydrogens (tertiary/aromatic N) is 2. The fourth-order valence-electron chi connectivity index (χ4n) is 2.41. The third-order valence-corrected chi connectivity index (χ3v) is 4.52. The molecule has 0 spiro atoms. The van der Waals surface area contributed by atoms with Crippen LogP contribution in [-0.2, 0) is 0 Å². The zero-order valence-electron chi connectivity index (χ0n) is 14.3. The summed E-state index contributed by atoms with van der Waals surface area (Å²) in [5.41, 5.74) is 4.58. The van der Waals surface area contributed by atoms with E-state index in [-0.39, 0.29) is 11.8 Å². The van der Waals surface area contributed by atoms with Crippen LogP contribution in [-0.4, -0.2) is 23.5 Å². The summed E-state index contributed by atoms with van der Waals surface area (Å²) in [6, 6.07) is 16.2. The Morgan fingerprint density at radius 2 is 1.77 bits per heavy atom. The van der Waals surface area contributed by atoms with E-state index in [2.05, 4.69) is 10.5 Å². The van der Waals surface area contributed by atoms with Crippen molar-refractivity contribution in [3.63, 3.8) is 0 Å². The molecule has 0 unspecified atom stereocenters. The van der Waals surface area contributed by atoms with Gasteiger partial charge >= 0.3 is 0 Å². The van der Waals surface area contributed by atoms with Crippen LogP contribution in [0.1, 0.15) is 22.1 Å². The number of carbonyl (C=O) groups excluding carboxylic acids is 2. The van der Waals surface area contributed by atoms with Crippen molar-refractivity contribution in [1.82, 2.24) is 9.99 Å². The van der Waals surface area contributed by atoms with Crippen molar-refractivity contribution in [3.8, 4) is 17.0 Å². The van der Waals surface area contributed by atoms with Gasteiger partial charge in [0, 0.05) is 17.9 Å². The Hall–Kier alpha value is -3.19. The second kappa shape index (κ2) is 7.79. The maximum Gasteiger partial charge on any atom is 0.271 e. The van der Waals surface area contributed by atoms with Crippen molar-refractivity contribution in [2.45, 2.75) is 6.92 Å². The lowest BCUT2D eigenvalue weighted by Crippen LogP contribution is -2.27. The van der Waals surface area contributed by atoms with Gasteiger partial charge in [0.2, 0.25) is 10.7 Å². The van der Waals surface area contributed by atoms with E-state index in [0.29, 0.717) is 16.1 Å². The number of ether oxygens (including phenoxy) is 1. The van der Waals surface area contributed by atoms with Crippen LogP contribution in [0.3, 0.4) is 0 Å². The standard InChI is InChI=1S/C19H17N3O3S/c1-13(23)22-17(14-6-4-3-5-7-14)12-26-19(22)21-20-18(24)15-8-10-16(25-2)11-9-15/h3-12H,1-2H3,(H,20,24). The first-order valence-electron chi connectivity index (χ1n) is 7.85. The van der Waals surface area contributed by atoms with E-state index < -0.39 is 0 Å². The average molecular weight is 367 g/mol. The lowest BCUT2D eigenvalue weighted by atomic mass is 10.2. The fraction of sp³-hybridized carbons (Fsp3) is 0.105. The predicted octanol–water partition coefficient (Wildman–Crippen LogP) is 3.13. The molecule has 7 heteroatoms. The molecule has 1 heterocycles. The number of methoxy groups -OCH3 is 1. The fourth-order valence-corrected chi connectivity index (χ4v) is 3.30. The summed E-state index contributed by atoms with van der Waals surface area (Å²) in [5, 5.41) is 5.96. The second-order valence-corrected chi connectivity index (χ2v) is 6.24. The van der Waals surface area contributed by atoms with Gasteiger partial charge in [-0.2, -0.15) is 0 Å². The molecule has 0 radical (unpaired) electrons. The van der Waals surface area contributed by atoms with Crippen LogP contribution in [0, 0.1) is 0 Å². The average Bonchev–Trinajstić information content (AvgIpc) is 3.11. The second-order valence-electron chi connectivity index (χ2n) is 5.41. The van der Waals surface area contributed by atoms with Gasteiger partial charge in [-0.3, -0.25) is 14.2 Å². The molecule has 1 amide bonds. The predicted molar refractivity (Wildman–Crippen MR) is 100 cm³/mol. The molecule has 1 aromatic heterocycles. The van der Waals surface area contributed by atoms with Crippen molar-refractivity contribution in [2.75, 3.05) is 7.11 Å². The summed E-state index contributed by atoms with van der Waals surface area (Å²) >= 11 is 1.28. The number of carbonyl (C=O) groups is 2. The monoisotopic (exact) mass is 367 g/mol. The van der Waals surface area contributed by atoms with Crippen LogP contribution >= 0.6 is 11.3 Å². The number of hydrogen-bond donors (Lipinski definition) is 1. The molecule has 0 saturated heterocycles. The Balaban J connectivity index is 1.90. The van der Waals surface area contributed by atoms with Crippen LogP contribution in [0.25, 0.3) is 11.3 Å². The quantitative estimate of drug-likeness (QED) is 0.720. The van der Waals surface area contributed by atoms with Crippen LogP contribution in [0.15, 0.2) is 65.1 Å². The minimum absolute atomic E-state index is 0.178. The number of hydrogen-bond acceptors (Lipinski definition) is 5. The maximum atomic E-state index is 12.2. The van der Waals surface area contributed by atoms with Gasteiger partial charge in [0.25, 0.3) is 5.91 Å². The lowest BCUT2D eigenvalue weighted by molar-refractivity contribution is 0.0923. The number of amides is 1. The summed E-state index contributed by atoms with van der Waals surface area (Å²) < 4.78 is 6.55. The van der Waals surface area contributed by atoms with Gasteiger partial charge in [-0.15, -0.1) is 16.4 Å². The number of thiazole rings is 1. The van der Waals surface area contributed by atoms with E-state index in [0.717, 1.165) is 11.3 Å². The minimum atomic E-state index is -0.364. The first-order valence-corrected chi connectivity index (χ1v) is 8.73. The van der Waals surface area contributed by atoms with Gasteiger partial charge in [-0.25, -0.2) is 5.43 Å². The van der Waals surface area contributed by atoms with Crippen molar-refractivity contribution in [2.24, 2.45) is 5.10 Å². The molecular formula is C19H17N3O3S. The normalized spacial score (nSPS) is 11.2. The van der Waals surface area contributed by atoms with Crippen molar-refractivity contribution >= 4 is 23.2 Å². The first-order chi connectivity index (χ1) is 12.6. The van der Waals surface area contributed by atoms with Crippen LogP contribution in [0.2, 0.25) is 0 Å². The molecule has 0 bridgehead atoms. The van der Waals surface area contributed by atoms with Crippen LogP contribution in [0.4, 0.5) is 0 Å². The summed E-state index contributed by atoms with van der Waals surface area (Å²) in [6.45, 7) is 1.46. The molecule has 0 saturated carbocycles. The topological polar surface area (TPSA) is 72.7 Å². The van der Waals surface area contributed by atoms with Gasteiger partial charge in [0.1, 0.15) is 5.75 Å². The Morgan fingerprint density at radius 1 is 1.08 bits per heavy atom. The third kappa shape index (κ3) is 3.73. The number of aromatic nitrogens is 1. The molecule has 3 rings (SSSR count). The third-order valence-electron chi connectivity index (χ3n) is 3.70. The molecule has 132 valence electrons. The minimum Gasteiger partial charge on any atom is -0.497 e. The van der Waals surface area contributed by atoms with Crippen molar-refractivity contribution < 1.29 is 14.3 Å². The Kier molecular flexibility index (Phi) is 5.28. The molecule has 0 aliphatic rings. The molecule has 26 heavy (non-hydrogen) atoms. The van der Waals surface area contributed by atoms with E-state index in [9.17, 15) is 9.59 Å². The molecule has 3 aromatic rings. The molecule has 0 aliphatic heterocycles. The van der Waals surface area contributed by atoms with E-state index in [1.807, 2.05) is 35.7 Å². The molecule has 0 atom stereocenters. The largest absolute Gasteiger partial charge is 0.497 e. The summed E-state index contributed by atoms with van der Waals surface area (Å²) in [7, 11) is 1.56. The van der Waals surface area contributed by atoms with Gasteiger partial charge in [-0.05, 0) is 29.8 Å². The Bertz CT molecular complexity index is 989. The van der Waals surface area contributed by atoms with Gasteiger partial charge < -0.3 is 4.74 Å². The molecule has 1 N–H and O–H groups in total. The zero-order chi connectivity index (χ0) is 18.5. The molecule has 2 aromatic carbocycles. The molecule has 0 aliphatic carbocycles. The summed E-state index contributed by atoms with van der Waals surface area (Å²) in [6.07, 6.45) is 0.